The molecule has 3 rings (SSSR count). The molecule has 1 aromatic carbocycles. The highest BCUT2D eigenvalue weighted by atomic mass is 32.2. The molecule has 2 fully saturated rings. The van der Waals surface area contributed by atoms with Crippen LogP contribution in [0.1, 0.15) is 62.8 Å². The molecule has 0 bridgehead atoms. The van der Waals surface area contributed by atoms with E-state index in [2.05, 4.69) is 45.0 Å². The molecule has 0 aliphatic carbocycles. The molecular formula is C20H32S2+2. The van der Waals surface area contributed by atoms with Crippen LogP contribution in [-0.2, 0) is 27.2 Å². The van der Waals surface area contributed by atoms with Crippen LogP contribution >= 0.6 is 0 Å². The van der Waals surface area contributed by atoms with Gasteiger partial charge in [0.25, 0.3) is 0 Å². The van der Waals surface area contributed by atoms with Gasteiger partial charge in [0.15, 0.2) is 11.0 Å². The maximum Gasteiger partial charge on any atom is 0.187 e. The smallest absolute Gasteiger partial charge is 0.0580 e. The minimum Gasteiger partial charge on any atom is -0.0580 e. The second kappa shape index (κ2) is 7.21. The molecule has 22 heavy (non-hydrogen) atoms. The van der Waals surface area contributed by atoms with E-state index in [1.165, 1.54) is 60.0 Å². The fourth-order valence-corrected chi connectivity index (χ4v) is 9.83. The van der Waals surface area contributed by atoms with Gasteiger partial charge in [-0.25, -0.2) is 0 Å². The molecule has 2 aliphatic heterocycles. The Hall–Kier alpha value is -0.0800. The highest BCUT2D eigenvalue weighted by Crippen LogP contribution is 2.35. The molecule has 2 heteroatoms. The Morgan fingerprint density at radius 3 is 1.95 bits per heavy atom. The maximum atomic E-state index is 2.47. The van der Waals surface area contributed by atoms with Gasteiger partial charge in [0.1, 0.15) is 23.0 Å². The summed E-state index contributed by atoms with van der Waals surface area (Å²) in [6.45, 7) is 6.95. The quantitative estimate of drug-likeness (QED) is 0.690. The minimum atomic E-state index is 0.275. The molecule has 2 aliphatic rings. The normalized spacial score (nSPS) is 22.3. The monoisotopic (exact) mass is 336 g/mol. The van der Waals surface area contributed by atoms with Crippen molar-refractivity contribution in [1.82, 2.24) is 0 Å². The predicted octanol–water partition coefficient (Wildman–Crippen LogP) is 4.85. The molecule has 122 valence electrons. The van der Waals surface area contributed by atoms with Crippen molar-refractivity contribution in [3.05, 3.63) is 35.4 Å². The molecule has 0 radical (unpaired) electrons. The summed E-state index contributed by atoms with van der Waals surface area (Å²) in [4.78, 5) is 0. The first kappa shape index (κ1) is 16.8. The van der Waals surface area contributed by atoms with Gasteiger partial charge in [-0.15, -0.1) is 0 Å². The van der Waals surface area contributed by atoms with Crippen LogP contribution in [0.4, 0.5) is 0 Å². The third kappa shape index (κ3) is 4.06. The second-order valence-electron chi connectivity index (χ2n) is 7.91. The lowest BCUT2D eigenvalue weighted by atomic mass is 9.86. The average Bonchev–Trinajstić information content (AvgIpc) is 3.17. The Morgan fingerprint density at radius 2 is 1.41 bits per heavy atom. The Morgan fingerprint density at radius 1 is 0.864 bits per heavy atom. The van der Waals surface area contributed by atoms with Crippen molar-refractivity contribution in [3.8, 4) is 0 Å². The summed E-state index contributed by atoms with van der Waals surface area (Å²) in [6.07, 6.45) is 5.94. The van der Waals surface area contributed by atoms with Gasteiger partial charge in [-0.05, 0) is 58.5 Å². The predicted molar refractivity (Wildman–Crippen MR) is 105 cm³/mol. The molecular weight excluding hydrogens is 304 g/mol. The first-order valence-electron chi connectivity index (χ1n) is 8.95. The number of hydrogen-bond donors (Lipinski definition) is 0. The lowest BCUT2D eigenvalue weighted by Gasteiger charge is -2.21. The van der Waals surface area contributed by atoms with E-state index in [1.54, 1.807) is 5.56 Å². The molecule has 0 spiro atoms. The topological polar surface area (TPSA) is 0 Å². The molecule has 0 N–H and O–H groups in total. The van der Waals surface area contributed by atoms with Gasteiger partial charge < -0.3 is 0 Å². The summed E-state index contributed by atoms with van der Waals surface area (Å²) in [5.74, 6) is 7.55. The first-order valence-corrected chi connectivity index (χ1v) is 12.3. The summed E-state index contributed by atoms with van der Waals surface area (Å²) < 4.78 is 0. The standard InChI is InChI=1S/C20H32S2/c1-20(2,3)18-10-8-17(9-11-18)19(22-14-6-7-15-22)16-21-12-4-5-13-21/h8-11,19H,4-7,12-16H2,1-3H3/q+2. The van der Waals surface area contributed by atoms with Crippen molar-refractivity contribution >= 4 is 21.8 Å². The first-order chi connectivity index (χ1) is 10.5. The molecule has 0 saturated carbocycles. The summed E-state index contributed by atoms with van der Waals surface area (Å²) in [5.41, 5.74) is 3.40. The van der Waals surface area contributed by atoms with E-state index in [0.717, 1.165) is 16.1 Å². The zero-order valence-electron chi connectivity index (χ0n) is 14.6. The summed E-state index contributed by atoms with van der Waals surface area (Å²) in [5, 5.41) is 0.873. The van der Waals surface area contributed by atoms with Gasteiger partial charge in [-0.3, -0.25) is 0 Å². The SMILES string of the molecule is CC(C)(C)c1ccc(C(C[S+]2CCCC2)[S+]2CCCC2)cc1. The third-order valence-electron chi connectivity index (χ3n) is 5.12. The number of rotatable bonds is 4. The summed E-state index contributed by atoms with van der Waals surface area (Å²) in [6, 6.07) is 9.74. The molecule has 2 heterocycles. The summed E-state index contributed by atoms with van der Waals surface area (Å²) >= 11 is 0. The van der Waals surface area contributed by atoms with Gasteiger partial charge in [0, 0.05) is 5.56 Å². The van der Waals surface area contributed by atoms with Crippen molar-refractivity contribution in [2.75, 3.05) is 28.8 Å². The number of hydrogen-bond acceptors (Lipinski definition) is 0. The molecule has 2 saturated heterocycles. The zero-order chi connectivity index (χ0) is 15.6. The van der Waals surface area contributed by atoms with Crippen LogP contribution in [-0.4, -0.2) is 28.8 Å². The number of benzene rings is 1. The van der Waals surface area contributed by atoms with Crippen LogP contribution in [0.2, 0.25) is 0 Å². The summed E-state index contributed by atoms with van der Waals surface area (Å²) in [7, 11) is 1.40. The fraction of sp³-hybridized carbons (Fsp3) is 0.700. The van der Waals surface area contributed by atoms with Crippen molar-refractivity contribution < 1.29 is 0 Å². The van der Waals surface area contributed by atoms with Crippen LogP contribution < -0.4 is 0 Å². The van der Waals surface area contributed by atoms with Crippen LogP contribution in [0.5, 0.6) is 0 Å². The molecule has 1 aromatic rings. The largest absolute Gasteiger partial charge is 0.187 e. The van der Waals surface area contributed by atoms with E-state index in [1.807, 2.05) is 0 Å². The van der Waals surface area contributed by atoms with E-state index in [4.69, 9.17) is 0 Å². The lowest BCUT2D eigenvalue weighted by molar-refractivity contribution is 0.590. The van der Waals surface area contributed by atoms with Crippen molar-refractivity contribution in [2.24, 2.45) is 0 Å². The van der Waals surface area contributed by atoms with E-state index in [0.29, 0.717) is 10.9 Å². The van der Waals surface area contributed by atoms with E-state index in [-0.39, 0.29) is 5.41 Å². The van der Waals surface area contributed by atoms with Gasteiger partial charge in [-0.2, -0.15) is 0 Å². The van der Waals surface area contributed by atoms with Crippen LogP contribution in [0.3, 0.4) is 0 Å². The van der Waals surface area contributed by atoms with Gasteiger partial charge in [0.2, 0.25) is 0 Å². The highest BCUT2D eigenvalue weighted by molar-refractivity contribution is 8.00. The molecule has 1 unspecified atom stereocenters. The van der Waals surface area contributed by atoms with Crippen molar-refractivity contribution in [1.29, 1.82) is 0 Å². The average molecular weight is 337 g/mol. The molecule has 0 amide bonds. The van der Waals surface area contributed by atoms with Crippen molar-refractivity contribution in [2.45, 2.75) is 57.1 Å². The highest BCUT2D eigenvalue weighted by Gasteiger charge is 2.41. The molecule has 0 aromatic heterocycles. The third-order valence-corrected chi connectivity index (χ3v) is 10.7. The van der Waals surface area contributed by atoms with Gasteiger partial charge in [0.05, 0.1) is 0 Å². The second-order valence-corrected chi connectivity index (χ2v) is 12.7. The Balaban J connectivity index is 1.78. The minimum absolute atomic E-state index is 0.275. The Labute approximate surface area is 143 Å². The van der Waals surface area contributed by atoms with Gasteiger partial charge in [-0.1, -0.05) is 45.0 Å². The zero-order valence-corrected chi connectivity index (χ0v) is 16.2. The van der Waals surface area contributed by atoms with Crippen molar-refractivity contribution in [3.63, 3.8) is 0 Å². The maximum absolute atomic E-state index is 2.47. The fourth-order valence-electron chi connectivity index (χ4n) is 3.64. The lowest BCUT2D eigenvalue weighted by Crippen LogP contribution is -2.25. The van der Waals surface area contributed by atoms with Crippen LogP contribution in [0, 0.1) is 0 Å². The van der Waals surface area contributed by atoms with Crippen LogP contribution in [0.25, 0.3) is 0 Å². The molecule has 0 nitrogen and oxygen atoms in total. The van der Waals surface area contributed by atoms with E-state index >= 15 is 0 Å². The Kier molecular flexibility index (Phi) is 5.50. The Bertz CT molecular complexity index is 459. The van der Waals surface area contributed by atoms with Gasteiger partial charge >= 0.3 is 0 Å². The molecule has 1 atom stereocenters. The van der Waals surface area contributed by atoms with E-state index in [9.17, 15) is 0 Å². The van der Waals surface area contributed by atoms with E-state index < -0.39 is 0 Å². The van der Waals surface area contributed by atoms with Crippen LogP contribution in [0.15, 0.2) is 24.3 Å².